The summed E-state index contributed by atoms with van der Waals surface area (Å²) in [6, 6.07) is 1.95. The van der Waals surface area contributed by atoms with Gasteiger partial charge in [-0.15, -0.1) is 0 Å². The molecule has 0 heterocycles. The third-order valence-electron chi connectivity index (χ3n) is 3.22. The first-order valence-corrected chi connectivity index (χ1v) is 6.24. The van der Waals surface area contributed by atoms with Crippen LogP contribution >= 0.6 is 0 Å². The second-order valence-corrected chi connectivity index (χ2v) is 4.47. The van der Waals surface area contributed by atoms with Crippen LogP contribution in [0.3, 0.4) is 0 Å². The summed E-state index contributed by atoms with van der Waals surface area (Å²) in [4.78, 5) is 22.3. The molecule has 1 aromatic rings. The van der Waals surface area contributed by atoms with Gasteiger partial charge in [0, 0.05) is 17.5 Å². The lowest BCUT2D eigenvalue weighted by Crippen LogP contribution is -2.04. The topological polar surface area (TPSA) is 52.6 Å². The van der Waals surface area contributed by atoms with Gasteiger partial charge in [0.05, 0.1) is 14.2 Å². The fraction of sp³-hybridized carbons (Fsp3) is 0.467. The Morgan fingerprint density at radius 3 is 2.53 bits per heavy atom. The number of rotatable bonds is 6. The number of aldehydes is 1. The Labute approximate surface area is 113 Å². The van der Waals surface area contributed by atoms with Crippen molar-refractivity contribution < 1.29 is 19.1 Å². The number of hydrogen-bond acceptors (Lipinski definition) is 4. The summed E-state index contributed by atoms with van der Waals surface area (Å²) in [5.41, 5.74) is 3.46. The predicted molar refractivity (Wildman–Crippen MR) is 72.8 cm³/mol. The van der Waals surface area contributed by atoms with Gasteiger partial charge >= 0.3 is 5.97 Å². The standard InChI is InChI=1S/C15H20O4/c1-10-8-12(6-5-7-14(17)18-3)13(9-16)11(2)15(10)19-4/h8-9H,5-7H2,1-4H3. The summed E-state index contributed by atoms with van der Waals surface area (Å²) in [5.74, 6) is 0.522. The lowest BCUT2D eigenvalue weighted by molar-refractivity contribution is -0.140. The van der Waals surface area contributed by atoms with Crippen LogP contribution in [0.15, 0.2) is 6.07 Å². The third-order valence-corrected chi connectivity index (χ3v) is 3.22. The van der Waals surface area contributed by atoms with Crippen molar-refractivity contribution in [3.8, 4) is 5.75 Å². The molecule has 0 saturated heterocycles. The number of carbonyl (C=O) groups is 2. The van der Waals surface area contributed by atoms with Crippen molar-refractivity contribution in [1.29, 1.82) is 0 Å². The number of benzene rings is 1. The number of carbonyl (C=O) groups excluding carboxylic acids is 2. The lowest BCUT2D eigenvalue weighted by atomic mass is 9.95. The van der Waals surface area contributed by atoms with E-state index in [1.807, 2.05) is 19.9 Å². The molecule has 0 aliphatic rings. The maximum atomic E-state index is 11.2. The van der Waals surface area contributed by atoms with Crippen LogP contribution < -0.4 is 4.74 Å². The molecular formula is C15H20O4. The van der Waals surface area contributed by atoms with E-state index in [4.69, 9.17) is 4.74 Å². The SMILES string of the molecule is COC(=O)CCCc1cc(C)c(OC)c(C)c1C=O. The lowest BCUT2D eigenvalue weighted by Gasteiger charge is -2.14. The molecule has 0 aliphatic carbocycles. The first-order chi connectivity index (χ1) is 9.04. The number of esters is 1. The summed E-state index contributed by atoms with van der Waals surface area (Å²) in [6.45, 7) is 3.82. The number of hydrogen-bond donors (Lipinski definition) is 0. The molecule has 0 atom stereocenters. The molecule has 0 N–H and O–H groups in total. The van der Waals surface area contributed by atoms with Gasteiger partial charge in [-0.1, -0.05) is 6.07 Å². The summed E-state index contributed by atoms with van der Waals surface area (Å²) in [5, 5.41) is 0. The molecule has 1 rings (SSSR count). The zero-order valence-corrected chi connectivity index (χ0v) is 11.9. The van der Waals surface area contributed by atoms with E-state index in [0.717, 1.165) is 28.7 Å². The van der Waals surface area contributed by atoms with E-state index in [-0.39, 0.29) is 5.97 Å². The fourth-order valence-corrected chi connectivity index (χ4v) is 2.27. The molecule has 0 fully saturated rings. The van der Waals surface area contributed by atoms with Gasteiger partial charge in [0.2, 0.25) is 0 Å². The van der Waals surface area contributed by atoms with Crippen LogP contribution in [0, 0.1) is 13.8 Å². The maximum absolute atomic E-state index is 11.2. The summed E-state index contributed by atoms with van der Waals surface area (Å²) in [6.07, 6.45) is 2.55. The fourth-order valence-electron chi connectivity index (χ4n) is 2.27. The normalized spacial score (nSPS) is 10.1. The van der Waals surface area contributed by atoms with Gasteiger partial charge in [0.25, 0.3) is 0 Å². The summed E-state index contributed by atoms with van der Waals surface area (Å²) < 4.78 is 9.90. The van der Waals surface area contributed by atoms with Crippen LogP contribution in [0.5, 0.6) is 5.75 Å². The van der Waals surface area contributed by atoms with Gasteiger partial charge in [0.15, 0.2) is 6.29 Å². The van der Waals surface area contributed by atoms with Crippen LogP contribution in [0.25, 0.3) is 0 Å². The van der Waals surface area contributed by atoms with E-state index in [9.17, 15) is 9.59 Å². The quantitative estimate of drug-likeness (QED) is 0.585. The number of aryl methyl sites for hydroxylation is 2. The van der Waals surface area contributed by atoms with Gasteiger partial charge in [-0.3, -0.25) is 9.59 Å². The van der Waals surface area contributed by atoms with Gasteiger partial charge in [0.1, 0.15) is 5.75 Å². The first-order valence-electron chi connectivity index (χ1n) is 6.24. The van der Waals surface area contributed by atoms with E-state index in [1.165, 1.54) is 7.11 Å². The molecule has 104 valence electrons. The van der Waals surface area contributed by atoms with E-state index < -0.39 is 0 Å². The van der Waals surface area contributed by atoms with Crippen molar-refractivity contribution >= 4 is 12.3 Å². The van der Waals surface area contributed by atoms with Crippen LogP contribution in [0.1, 0.15) is 39.9 Å². The van der Waals surface area contributed by atoms with E-state index in [2.05, 4.69) is 4.74 Å². The number of methoxy groups -OCH3 is 2. The Morgan fingerprint density at radius 1 is 1.32 bits per heavy atom. The Balaban J connectivity index is 2.95. The van der Waals surface area contributed by atoms with Crippen molar-refractivity contribution in [2.75, 3.05) is 14.2 Å². The molecule has 4 nitrogen and oxygen atoms in total. The molecule has 19 heavy (non-hydrogen) atoms. The highest BCUT2D eigenvalue weighted by Gasteiger charge is 2.13. The zero-order valence-electron chi connectivity index (χ0n) is 11.9. The van der Waals surface area contributed by atoms with Crippen LogP contribution in [0.4, 0.5) is 0 Å². The molecule has 1 aromatic carbocycles. The van der Waals surface area contributed by atoms with Crippen molar-refractivity contribution in [1.82, 2.24) is 0 Å². The van der Waals surface area contributed by atoms with Crippen molar-refractivity contribution in [3.05, 3.63) is 28.3 Å². The van der Waals surface area contributed by atoms with Gasteiger partial charge in [-0.05, 0) is 37.8 Å². The minimum absolute atomic E-state index is 0.227. The second-order valence-electron chi connectivity index (χ2n) is 4.47. The average Bonchev–Trinajstić information content (AvgIpc) is 2.39. The molecule has 0 radical (unpaired) electrons. The minimum Gasteiger partial charge on any atom is -0.496 e. The molecule has 0 aromatic heterocycles. The Morgan fingerprint density at radius 2 is 2.00 bits per heavy atom. The Hall–Kier alpha value is -1.84. The van der Waals surface area contributed by atoms with Gasteiger partial charge in [-0.2, -0.15) is 0 Å². The molecule has 0 saturated carbocycles. The average molecular weight is 264 g/mol. The molecule has 0 spiro atoms. The third kappa shape index (κ3) is 3.56. The van der Waals surface area contributed by atoms with Crippen molar-refractivity contribution in [2.24, 2.45) is 0 Å². The van der Waals surface area contributed by atoms with E-state index >= 15 is 0 Å². The number of ether oxygens (including phenoxy) is 2. The monoisotopic (exact) mass is 264 g/mol. The van der Waals surface area contributed by atoms with Crippen molar-refractivity contribution in [2.45, 2.75) is 33.1 Å². The van der Waals surface area contributed by atoms with E-state index in [0.29, 0.717) is 24.8 Å². The van der Waals surface area contributed by atoms with E-state index in [1.54, 1.807) is 7.11 Å². The highest BCUT2D eigenvalue weighted by molar-refractivity contribution is 5.81. The molecule has 0 amide bonds. The summed E-state index contributed by atoms with van der Waals surface area (Å²) >= 11 is 0. The van der Waals surface area contributed by atoms with Gasteiger partial charge in [-0.25, -0.2) is 0 Å². The second kappa shape index (κ2) is 6.92. The maximum Gasteiger partial charge on any atom is 0.305 e. The first kappa shape index (κ1) is 15.2. The predicted octanol–water partition coefficient (Wildman–Crippen LogP) is 2.62. The van der Waals surface area contributed by atoms with Gasteiger partial charge < -0.3 is 9.47 Å². The van der Waals surface area contributed by atoms with Crippen LogP contribution in [0.2, 0.25) is 0 Å². The molecular weight excluding hydrogens is 244 g/mol. The highest BCUT2D eigenvalue weighted by atomic mass is 16.5. The smallest absolute Gasteiger partial charge is 0.305 e. The molecule has 4 heteroatoms. The van der Waals surface area contributed by atoms with Crippen LogP contribution in [-0.4, -0.2) is 26.5 Å². The summed E-state index contributed by atoms with van der Waals surface area (Å²) in [7, 11) is 2.97. The van der Waals surface area contributed by atoms with Crippen molar-refractivity contribution in [3.63, 3.8) is 0 Å². The molecule has 0 bridgehead atoms. The highest BCUT2D eigenvalue weighted by Crippen LogP contribution is 2.28. The van der Waals surface area contributed by atoms with Crippen LogP contribution in [-0.2, 0) is 16.0 Å². The minimum atomic E-state index is -0.227. The Kier molecular flexibility index (Phi) is 5.55. The largest absolute Gasteiger partial charge is 0.496 e. The molecule has 0 unspecified atom stereocenters. The molecule has 0 aliphatic heterocycles. The zero-order chi connectivity index (χ0) is 14.4. The Bertz CT molecular complexity index is 478.